The molecule has 112 valence electrons. The van der Waals surface area contributed by atoms with Crippen molar-refractivity contribution < 1.29 is 18.7 Å². The van der Waals surface area contributed by atoms with Gasteiger partial charge in [0, 0.05) is 18.5 Å². The summed E-state index contributed by atoms with van der Waals surface area (Å²) in [6.07, 6.45) is 0.435. The number of benzene rings is 1. The highest BCUT2D eigenvalue weighted by atomic mass is 19.1. The summed E-state index contributed by atoms with van der Waals surface area (Å²) in [7, 11) is 0. The average Bonchev–Trinajstić information content (AvgIpc) is 2.37. The molecule has 0 aliphatic rings. The molecule has 0 radical (unpaired) electrons. The van der Waals surface area contributed by atoms with Crippen molar-refractivity contribution in [3.8, 4) is 11.8 Å². The van der Waals surface area contributed by atoms with Gasteiger partial charge in [-0.1, -0.05) is 17.9 Å². The largest absolute Gasteiger partial charge is 0.444 e. The Balaban J connectivity index is 2.44. The van der Waals surface area contributed by atoms with E-state index in [-0.39, 0.29) is 11.1 Å². The van der Waals surface area contributed by atoms with Crippen molar-refractivity contribution in [2.75, 3.05) is 6.54 Å². The van der Waals surface area contributed by atoms with E-state index in [0.717, 1.165) is 6.07 Å². The van der Waals surface area contributed by atoms with Gasteiger partial charge in [0.15, 0.2) is 0 Å². The first-order valence-corrected chi connectivity index (χ1v) is 6.52. The molecule has 0 aliphatic carbocycles. The number of halogens is 1. The SMILES string of the molecule is CC(C)(C)OC(=O)NCCC#Cc1ccc(C=O)cc1F. The molecule has 0 atom stereocenters. The number of ether oxygens (including phenoxy) is 1. The molecule has 0 spiro atoms. The van der Waals surface area contributed by atoms with E-state index in [9.17, 15) is 14.0 Å². The molecule has 0 saturated carbocycles. The highest BCUT2D eigenvalue weighted by Crippen LogP contribution is 2.08. The van der Waals surface area contributed by atoms with E-state index >= 15 is 0 Å². The highest BCUT2D eigenvalue weighted by molar-refractivity contribution is 5.75. The van der Waals surface area contributed by atoms with Crippen LogP contribution < -0.4 is 5.32 Å². The molecular weight excluding hydrogens is 273 g/mol. The predicted octanol–water partition coefficient (Wildman–Crippen LogP) is 2.90. The minimum Gasteiger partial charge on any atom is -0.444 e. The van der Waals surface area contributed by atoms with Gasteiger partial charge in [-0.25, -0.2) is 9.18 Å². The van der Waals surface area contributed by atoms with Gasteiger partial charge in [0.25, 0.3) is 0 Å². The summed E-state index contributed by atoms with van der Waals surface area (Å²) in [5.74, 6) is 4.87. The summed E-state index contributed by atoms with van der Waals surface area (Å²) in [4.78, 5) is 21.8. The Kier molecular flexibility index (Phi) is 5.92. The van der Waals surface area contributed by atoms with Crippen molar-refractivity contribution in [2.45, 2.75) is 32.8 Å². The molecule has 0 bridgehead atoms. The summed E-state index contributed by atoms with van der Waals surface area (Å²) in [5, 5.41) is 2.55. The van der Waals surface area contributed by atoms with E-state index in [1.807, 2.05) is 0 Å². The van der Waals surface area contributed by atoms with Crippen LogP contribution in [0.15, 0.2) is 18.2 Å². The smallest absolute Gasteiger partial charge is 0.407 e. The monoisotopic (exact) mass is 291 g/mol. The summed E-state index contributed by atoms with van der Waals surface area (Å²) in [5.41, 5.74) is -0.0540. The van der Waals surface area contributed by atoms with Crippen molar-refractivity contribution in [3.63, 3.8) is 0 Å². The number of hydrogen-bond donors (Lipinski definition) is 1. The fraction of sp³-hybridized carbons (Fsp3) is 0.375. The predicted molar refractivity (Wildman–Crippen MR) is 77.5 cm³/mol. The van der Waals surface area contributed by atoms with Gasteiger partial charge in [-0.2, -0.15) is 0 Å². The summed E-state index contributed by atoms with van der Waals surface area (Å²) < 4.78 is 18.6. The number of hydrogen-bond acceptors (Lipinski definition) is 3. The molecule has 21 heavy (non-hydrogen) atoms. The molecule has 0 fully saturated rings. The molecule has 0 aliphatic heterocycles. The van der Waals surface area contributed by atoms with Crippen molar-refractivity contribution in [1.29, 1.82) is 0 Å². The van der Waals surface area contributed by atoms with Crippen molar-refractivity contribution in [3.05, 3.63) is 35.1 Å². The zero-order chi connectivity index (χ0) is 15.9. The Labute approximate surface area is 123 Å². The number of rotatable bonds is 3. The first kappa shape index (κ1) is 16.7. The standard InChI is InChI=1S/C16H18FNO3/c1-16(2,3)21-15(20)18-9-5-4-6-13-8-7-12(11-19)10-14(13)17/h7-8,10-11H,5,9H2,1-3H3,(H,18,20). The van der Waals surface area contributed by atoms with E-state index in [1.54, 1.807) is 20.8 Å². The van der Waals surface area contributed by atoms with Crippen LogP contribution in [0.4, 0.5) is 9.18 Å². The average molecular weight is 291 g/mol. The second-order valence-electron chi connectivity index (χ2n) is 5.34. The lowest BCUT2D eigenvalue weighted by molar-refractivity contribution is 0.0529. The van der Waals surface area contributed by atoms with Gasteiger partial charge in [-0.3, -0.25) is 4.79 Å². The van der Waals surface area contributed by atoms with Gasteiger partial charge in [0.05, 0.1) is 5.56 Å². The Morgan fingerprint density at radius 1 is 1.43 bits per heavy atom. The van der Waals surface area contributed by atoms with Gasteiger partial charge in [0.1, 0.15) is 17.7 Å². The highest BCUT2D eigenvalue weighted by Gasteiger charge is 2.15. The molecule has 0 saturated heterocycles. The Morgan fingerprint density at radius 2 is 2.14 bits per heavy atom. The maximum atomic E-state index is 13.5. The van der Waals surface area contributed by atoms with E-state index in [1.165, 1.54) is 12.1 Å². The Hall–Kier alpha value is -2.35. The van der Waals surface area contributed by atoms with Crippen LogP contribution in [0, 0.1) is 17.7 Å². The molecule has 1 aromatic rings. The normalized spacial score (nSPS) is 10.3. The number of alkyl carbamates (subject to hydrolysis) is 1. The third-order valence-corrected chi connectivity index (χ3v) is 2.27. The minimum atomic E-state index is -0.542. The van der Waals surface area contributed by atoms with Crippen LogP contribution in [0.1, 0.15) is 43.1 Å². The second-order valence-corrected chi connectivity index (χ2v) is 5.34. The zero-order valence-corrected chi connectivity index (χ0v) is 12.3. The first-order chi connectivity index (χ1) is 9.81. The number of carbonyl (C=O) groups is 2. The lowest BCUT2D eigenvalue weighted by atomic mass is 10.1. The molecule has 0 aromatic heterocycles. The fourth-order valence-electron chi connectivity index (χ4n) is 1.41. The van der Waals surface area contributed by atoms with E-state index in [0.29, 0.717) is 19.3 Å². The van der Waals surface area contributed by atoms with Crippen LogP contribution in [0.25, 0.3) is 0 Å². The third kappa shape index (κ3) is 6.57. The van der Waals surface area contributed by atoms with E-state index in [2.05, 4.69) is 17.2 Å². The Morgan fingerprint density at radius 3 is 2.71 bits per heavy atom. The summed E-state index contributed by atoms with van der Waals surface area (Å²) in [6.45, 7) is 5.64. The fourth-order valence-corrected chi connectivity index (χ4v) is 1.41. The summed E-state index contributed by atoms with van der Waals surface area (Å²) in [6, 6.07) is 4.09. The van der Waals surface area contributed by atoms with Crippen molar-refractivity contribution in [2.24, 2.45) is 0 Å². The van der Waals surface area contributed by atoms with Gasteiger partial charge in [-0.15, -0.1) is 0 Å². The van der Waals surface area contributed by atoms with Crippen LogP contribution in [0.5, 0.6) is 0 Å². The molecule has 5 heteroatoms. The van der Waals surface area contributed by atoms with Gasteiger partial charge in [0.2, 0.25) is 0 Å². The molecule has 1 N–H and O–H groups in total. The first-order valence-electron chi connectivity index (χ1n) is 6.52. The van der Waals surface area contributed by atoms with Crippen LogP contribution in [-0.4, -0.2) is 24.5 Å². The van der Waals surface area contributed by atoms with Crippen LogP contribution in [0.3, 0.4) is 0 Å². The molecule has 1 aromatic carbocycles. The van der Waals surface area contributed by atoms with Crippen LogP contribution in [0.2, 0.25) is 0 Å². The number of nitrogens with one attached hydrogen (secondary N) is 1. The topological polar surface area (TPSA) is 55.4 Å². The molecule has 1 rings (SSSR count). The van der Waals surface area contributed by atoms with Crippen molar-refractivity contribution >= 4 is 12.4 Å². The zero-order valence-electron chi connectivity index (χ0n) is 12.3. The molecular formula is C16H18FNO3. The van der Waals surface area contributed by atoms with E-state index < -0.39 is 17.5 Å². The quantitative estimate of drug-likeness (QED) is 0.529. The maximum absolute atomic E-state index is 13.5. The van der Waals surface area contributed by atoms with Gasteiger partial charge >= 0.3 is 6.09 Å². The minimum absolute atomic E-state index is 0.220. The van der Waals surface area contributed by atoms with Gasteiger partial charge < -0.3 is 10.1 Å². The van der Waals surface area contributed by atoms with Crippen LogP contribution >= 0.6 is 0 Å². The van der Waals surface area contributed by atoms with Crippen LogP contribution in [-0.2, 0) is 4.74 Å². The van der Waals surface area contributed by atoms with Crippen molar-refractivity contribution in [1.82, 2.24) is 5.32 Å². The number of amides is 1. The lowest BCUT2D eigenvalue weighted by Gasteiger charge is -2.19. The van der Waals surface area contributed by atoms with Gasteiger partial charge in [-0.05, 0) is 32.9 Å². The summed E-state index contributed by atoms with van der Waals surface area (Å²) >= 11 is 0. The molecule has 0 unspecified atom stereocenters. The maximum Gasteiger partial charge on any atom is 0.407 e. The molecule has 0 heterocycles. The second kappa shape index (κ2) is 7.44. The van der Waals surface area contributed by atoms with E-state index in [4.69, 9.17) is 4.74 Å². The number of aldehydes is 1. The third-order valence-electron chi connectivity index (χ3n) is 2.27. The number of carbonyl (C=O) groups excluding carboxylic acids is 2. The molecule has 4 nitrogen and oxygen atoms in total. The molecule has 1 amide bonds. The lowest BCUT2D eigenvalue weighted by Crippen LogP contribution is -2.32. The Bertz CT molecular complexity index is 579.